The molecule has 3 rings (SSSR count). The van der Waals surface area contributed by atoms with E-state index in [2.05, 4.69) is 15.0 Å². The summed E-state index contributed by atoms with van der Waals surface area (Å²) in [7, 11) is 0. The van der Waals surface area contributed by atoms with E-state index in [1.54, 1.807) is 24.3 Å². The number of aromatic nitrogens is 2. The lowest BCUT2D eigenvalue weighted by Crippen LogP contribution is -2.35. The van der Waals surface area contributed by atoms with Gasteiger partial charge < -0.3 is 15.2 Å². The van der Waals surface area contributed by atoms with Crippen molar-refractivity contribution in [2.24, 2.45) is 5.73 Å². The van der Waals surface area contributed by atoms with E-state index in [1.807, 2.05) is 4.90 Å². The number of hydrogen-bond donors (Lipinski definition) is 1. The molecule has 136 valence electrons. The standard InChI is InChI=1S/C16H20ClN5O2.ClH/c17-13-4-2-12(3-5-13)16(23)22-7-1-6-21(8-9-22)11-14-19-15(10-18)24-20-14;/h2-5H,1,6-11,18H2;1H. The van der Waals surface area contributed by atoms with E-state index >= 15 is 0 Å². The molecule has 1 aromatic heterocycles. The molecule has 0 atom stereocenters. The molecule has 25 heavy (non-hydrogen) atoms. The monoisotopic (exact) mass is 385 g/mol. The number of halogens is 2. The third-order valence-corrected chi connectivity index (χ3v) is 4.27. The number of benzene rings is 1. The summed E-state index contributed by atoms with van der Waals surface area (Å²) in [6.07, 6.45) is 0.904. The number of nitrogens with two attached hydrogens (primary N) is 1. The summed E-state index contributed by atoms with van der Waals surface area (Å²) in [4.78, 5) is 20.9. The maximum atomic E-state index is 12.6. The van der Waals surface area contributed by atoms with Crippen molar-refractivity contribution in [3.63, 3.8) is 0 Å². The van der Waals surface area contributed by atoms with Crippen LogP contribution in [-0.2, 0) is 13.1 Å². The van der Waals surface area contributed by atoms with Gasteiger partial charge in [0.2, 0.25) is 5.89 Å². The van der Waals surface area contributed by atoms with E-state index in [9.17, 15) is 4.79 Å². The zero-order chi connectivity index (χ0) is 16.9. The molecule has 1 aliphatic heterocycles. The molecule has 0 unspecified atom stereocenters. The Bertz CT molecular complexity index is 692. The minimum Gasteiger partial charge on any atom is -0.338 e. The van der Waals surface area contributed by atoms with Gasteiger partial charge in [0.15, 0.2) is 5.82 Å². The summed E-state index contributed by atoms with van der Waals surface area (Å²) >= 11 is 5.88. The molecule has 1 fully saturated rings. The predicted octanol–water partition coefficient (Wildman–Crippen LogP) is 1.95. The highest BCUT2D eigenvalue weighted by Gasteiger charge is 2.21. The van der Waals surface area contributed by atoms with Crippen LogP contribution in [0.1, 0.15) is 28.5 Å². The zero-order valence-corrected chi connectivity index (χ0v) is 15.3. The first kappa shape index (κ1) is 19.7. The van der Waals surface area contributed by atoms with Crippen LogP contribution in [0, 0.1) is 0 Å². The van der Waals surface area contributed by atoms with Crippen LogP contribution in [-0.4, -0.2) is 52.0 Å². The Hall–Kier alpha value is -1.67. The van der Waals surface area contributed by atoms with Crippen LogP contribution in [0.4, 0.5) is 0 Å². The third-order valence-electron chi connectivity index (χ3n) is 4.02. The largest absolute Gasteiger partial charge is 0.338 e. The average Bonchev–Trinajstić information content (AvgIpc) is 2.92. The van der Waals surface area contributed by atoms with Gasteiger partial charge in [0, 0.05) is 36.8 Å². The Morgan fingerprint density at radius 1 is 1.20 bits per heavy atom. The predicted molar refractivity (Wildman–Crippen MR) is 96.7 cm³/mol. The molecule has 2 aromatic rings. The fourth-order valence-corrected chi connectivity index (χ4v) is 2.87. The minimum atomic E-state index is 0. The summed E-state index contributed by atoms with van der Waals surface area (Å²) in [6.45, 7) is 3.91. The molecule has 0 aliphatic carbocycles. The van der Waals surface area contributed by atoms with E-state index in [0.29, 0.717) is 35.4 Å². The summed E-state index contributed by atoms with van der Waals surface area (Å²) in [6, 6.07) is 7.01. The zero-order valence-electron chi connectivity index (χ0n) is 13.7. The summed E-state index contributed by atoms with van der Waals surface area (Å²) in [5, 5.41) is 4.55. The van der Waals surface area contributed by atoms with Crippen LogP contribution in [0.15, 0.2) is 28.8 Å². The van der Waals surface area contributed by atoms with Crippen LogP contribution in [0.3, 0.4) is 0 Å². The molecule has 0 saturated carbocycles. The molecule has 1 aliphatic rings. The number of carbonyl (C=O) groups excluding carboxylic acids is 1. The number of amides is 1. The molecular formula is C16H21Cl2N5O2. The van der Waals surface area contributed by atoms with Gasteiger partial charge in [-0.25, -0.2) is 0 Å². The second kappa shape index (κ2) is 9.15. The van der Waals surface area contributed by atoms with E-state index in [0.717, 1.165) is 26.1 Å². The van der Waals surface area contributed by atoms with Gasteiger partial charge in [0.1, 0.15) is 0 Å². The second-order valence-corrected chi connectivity index (χ2v) is 6.17. The van der Waals surface area contributed by atoms with Gasteiger partial charge in [0.05, 0.1) is 13.1 Å². The lowest BCUT2D eigenvalue weighted by molar-refractivity contribution is 0.0761. The van der Waals surface area contributed by atoms with E-state index in [-0.39, 0.29) is 24.9 Å². The van der Waals surface area contributed by atoms with Crippen molar-refractivity contribution >= 4 is 29.9 Å². The first-order valence-corrected chi connectivity index (χ1v) is 8.32. The number of carbonyl (C=O) groups is 1. The Labute approximate surface area is 157 Å². The van der Waals surface area contributed by atoms with Crippen molar-refractivity contribution in [3.8, 4) is 0 Å². The molecule has 1 aromatic carbocycles. The van der Waals surface area contributed by atoms with Gasteiger partial charge in [-0.2, -0.15) is 4.98 Å². The molecule has 9 heteroatoms. The van der Waals surface area contributed by atoms with Crippen molar-refractivity contribution < 1.29 is 9.32 Å². The van der Waals surface area contributed by atoms with Crippen molar-refractivity contribution in [2.75, 3.05) is 26.2 Å². The molecule has 1 saturated heterocycles. The first-order chi connectivity index (χ1) is 11.7. The number of nitrogens with zero attached hydrogens (tertiary/aromatic N) is 4. The van der Waals surface area contributed by atoms with Crippen LogP contribution >= 0.6 is 24.0 Å². The highest BCUT2D eigenvalue weighted by molar-refractivity contribution is 6.30. The van der Waals surface area contributed by atoms with Crippen LogP contribution < -0.4 is 5.73 Å². The molecular weight excluding hydrogens is 365 g/mol. The van der Waals surface area contributed by atoms with Crippen molar-refractivity contribution in [1.82, 2.24) is 19.9 Å². The fourth-order valence-electron chi connectivity index (χ4n) is 2.74. The SMILES string of the molecule is Cl.NCc1nc(CN2CCCN(C(=O)c3ccc(Cl)cc3)CC2)no1. The van der Waals surface area contributed by atoms with Crippen LogP contribution in [0.25, 0.3) is 0 Å². The number of rotatable bonds is 4. The Morgan fingerprint density at radius 3 is 2.64 bits per heavy atom. The Balaban J connectivity index is 0.00000225. The molecule has 2 N–H and O–H groups in total. The van der Waals surface area contributed by atoms with Gasteiger partial charge in [-0.1, -0.05) is 16.8 Å². The summed E-state index contributed by atoms with van der Waals surface area (Å²) in [5.74, 6) is 1.12. The highest BCUT2D eigenvalue weighted by Crippen LogP contribution is 2.14. The average molecular weight is 386 g/mol. The Kier molecular flexibility index (Phi) is 7.19. The van der Waals surface area contributed by atoms with E-state index in [1.165, 1.54) is 0 Å². The fraction of sp³-hybridized carbons (Fsp3) is 0.438. The van der Waals surface area contributed by atoms with Crippen LogP contribution in [0.2, 0.25) is 5.02 Å². The maximum absolute atomic E-state index is 12.6. The quantitative estimate of drug-likeness (QED) is 0.864. The van der Waals surface area contributed by atoms with Crippen molar-refractivity contribution in [2.45, 2.75) is 19.5 Å². The smallest absolute Gasteiger partial charge is 0.253 e. The summed E-state index contributed by atoms with van der Waals surface area (Å²) < 4.78 is 5.03. The minimum absolute atomic E-state index is 0. The molecule has 1 amide bonds. The lowest BCUT2D eigenvalue weighted by atomic mass is 10.2. The number of hydrogen-bond acceptors (Lipinski definition) is 6. The van der Waals surface area contributed by atoms with Gasteiger partial charge in [-0.15, -0.1) is 12.4 Å². The van der Waals surface area contributed by atoms with Gasteiger partial charge in [-0.05, 0) is 30.7 Å². The molecule has 0 spiro atoms. The normalized spacial score (nSPS) is 15.5. The van der Waals surface area contributed by atoms with Gasteiger partial charge in [-0.3, -0.25) is 9.69 Å². The van der Waals surface area contributed by atoms with Gasteiger partial charge in [0.25, 0.3) is 5.91 Å². The van der Waals surface area contributed by atoms with E-state index in [4.69, 9.17) is 21.9 Å². The molecule has 0 bridgehead atoms. The topological polar surface area (TPSA) is 88.5 Å². The van der Waals surface area contributed by atoms with Crippen molar-refractivity contribution in [1.29, 1.82) is 0 Å². The first-order valence-electron chi connectivity index (χ1n) is 7.94. The maximum Gasteiger partial charge on any atom is 0.253 e. The van der Waals surface area contributed by atoms with Crippen molar-refractivity contribution in [3.05, 3.63) is 46.6 Å². The Morgan fingerprint density at radius 2 is 1.96 bits per heavy atom. The third kappa shape index (κ3) is 5.15. The molecule has 0 radical (unpaired) electrons. The lowest BCUT2D eigenvalue weighted by Gasteiger charge is -2.21. The summed E-state index contributed by atoms with van der Waals surface area (Å²) in [5.41, 5.74) is 6.14. The molecule has 2 heterocycles. The highest BCUT2D eigenvalue weighted by atomic mass is 35.5. The molecule has 7 nitrogen and oxygen atoms in total. The van der Waals surface area contributed by atoms with Crippen LogP contribution in [0.5, 0.6) is 0 Å². The van der Waals surface area contributed by atoms with Gasteiger partial charge >= 0.3 is 0 Å². The second-order valence-electron chi connectivity index (χ2n) is 5.74. The van der Waals surface area contributed by atoms with E-state index < -0.39 is 0 Å².